The van der Waals surface area contributed by atoms with Gasteiger partial charge in [0.1, 0.15) is 17.4 Å². The van der Waals surface area contributed by atoms with Crippen LogP contribution in [0.1, 0.15) is 30.6 Å². The first kappa shape index (κ1) is 20.8. The van der Waals surface area contributed by atoms with Crippen molar-refractivity contribution in [3.05, 3.63) is 59.7 Å². The Bertz CT molecular complexity index is 880. The second-order valence-electron chi connectivity index (χ2n) is 6.22. The lowest BCUT2D eigenvalue weighted by Gasteiger charge is -2.10. The fraction of sp³-hybridized carbons (Fsp3) is 0.278. The summed E-state index contributed by atoms with van der Waals surface area (Å²) >= 11 is 0. The van der Waals surface area contributed by atoms with E-state index in [1.807, 2.05) is 5.43 Å². The summed E-state index contributed by atoms with van der Waals surface area (Å²) in [5.41, 5.74) is 2.17. The van der Waals surface area contributed by atoms with Gasteiger partial charge in [-0.15, -0.1) is 4.83 Å². The molecule has 0 aromatic heterocycles. The Morgan fingerprint density at radius 1 is 1.07 bits per heavy atom. The summed E-state index contributed by atoms with van der Waals surface area (Å²) in [5.74, 6) is -1.73. The van der Waals surface area contributed by atoms with Crippen molar-refractivity contribution < 1.29 is 26.7 Å². The van der Waals surface area contributed by atoms with E-state index in [0.29, 0.717) is 36.5 Å². The minimum atomic E-state index is -4.32. The van der Waals surface area contributed by atoms with Crippen molar-refractivity contribution >= 4 is 15.9 Å². The maximum absolute atomic E-state index is 13.2. The topological polar surface area (TPSA) is 84.5 Å². The number of carbonyl (C=O) groups is 1. The Labute approximate surface area is 156 Å². The van der Waals surface area contributed by atoms with Gasteiger partial charge in [-0.25, -0.2) is 17.2 Å². The number of benzene rings is 2. The Kier molecular flexibility index (Phi) is 6.86. The second-order valence-corrected chi connectivity index (χ2v) is 7.90. The third-order valence-corrected chi connectivity index (χ3v) is 4.75. The molecule has 0 radical (unpaired) electrons. The molecule has 2 rings (SSSR count). The van der Waals surface area contributed by atoms with Gasteiger partial charge < -0.3 is 4.74 Å². The standard InChI is InChI=1S/C18H20F2N2O4S/c1-12(2)7-8-26-16-5-3-13(4-6-16)18(23)21-22-27(24,25)17-10-14(19)9-15(20)11-17/h3-6,9-12,22H,7-8H2,1-2H3,(H,21,23). The predicted molar refractivity (Wildman–Crippen MR) is 95.5 cm³/mol. The molecule has 6 nitrogen and oxygen atoms in total. The first-order valence-corrected chi connectivity index (χ1v) is 9.67. The van der Waals surface area contributed by atoms with Crippen molar-refractivity contribution in [1.82, 2.24) is 10.3 Å². The van der Waals surface area contributed by atoms with E-state index in [1.54, 1.807) is 17.0 Å². The molecule has 0 unspecified atom stereocenters. The Morgan fingerprint density at radius 2 is 1.67 bits per heavy atom. The SMILES string of the molecule is CC(C)CCOc1ccc(C(=O)NNS(=O)(=O)c2cc(F)cc(F)c2)cc1. The summed E-state index contributed by atoms with van der Waals surface area (Å²) in [7, 11) is -4.32. The molecule has 9 heteroatoms. The zero-order valence-corrected chi connectivity index (χ0v) is 15.6. The molecule has 0 aliphatic rings. The monoisotopic (exact) mass is 398 g/mol. The minimum Gasteiger partial charge on any atom is -0.494 e. The summed E-state index contributed by atoms with van der Waals surface area (Å²) in [6.07, 6.45) is 0.894. The van der Waals surface area contributed by atoms with Crippen LogP contribution < -0.4 is 15.0 Å². The number of sulfonamides is 1. The van der Waals surface area contributed by atoms with E-state index >= 15 is 0 Å². The van der Waals surface area contributed by atoms with Crippen molar-refractivity contribution in [1.29, 1.82) is 0 Å². The molecule has 0 atom stereocenters. The van der Waals surface area contributed by atoms with Crippen LogP contribution in [-0.4, -0.2) is 20.9 Å². The molecule has 0 aliphatic heterocycles. The molecule has 1 amide bonds. The summed E-state index contributed by atoms with van der Waals surface area (Å²) < 4.78 is 55.9. The smallest absolute Gasteiger partial charge is 0.266 e. The number of nitrogens with one attached hydrogen (secondary N) is 2. The summed E-state index contributed by atoms with van der Waals surface area (Å²) in [5, 5.41) is 0. The third kappa shape index (κ3) is 6.30. The number of halogens is 2. The van der Waals surface area contributed by atoms with Gasteiger partial charge in [-0.1, -0.05) is 13.8 Å². The lowest BCUT2D eigenvalue weighted by Crippen LogP contribution is -2.41. The molecule has 0 heterocycles. The number of hydrogen-bond acceptors (Lipinski definition) is 4. The minimum absolute atomic E-state index is 0.180. The van der Waals surface area contributed by atoms with Crippen molar-refractivity contribution in [2.75, 3.05) is 6.61 Å². The number of ether oxygens (including phenoxy) is 1. The molecular weight excluding hydrogens is 378 g/mol. The van der Waals surface area contributed by atoms with E-state index in [-0.39, 0.29) is 5.56 Å². The molecule has 0 spiro atoms. The predicted octanol–water partition coefficient (Wildman–Crippen LogP) is 3.01. The highest BCUT2D eigenvalue weighted by molar-refractivity contribution is 7.89. The van der Waals surface area contributed by atoms with Crippen molar-refractivity contribution in [3.63, 3.8) is 0 Å². The van der Waals surface area contributed by atoms with Crippen molar-refractivity contribution in [2.24, 2.45) is 5.92 Å². The number of hydrogen-bond donors (Lipinski definition) is 2. The second kappa shape index (κ2) is 8.92. The number of hydrazine groups is 1. The largest absolute Gasteiger partial charge is 0.494 e. The van der Waals surface area contributed by atoms with E-state index < -0.39 is 32.5 Å². The Balaban J connectivity index is 1.96. The van der Waals surface area contributed by atoms with E-state index in [9.17, 15) is 22.0 Å². The van der Waals surface area contributed by atoms with Crippen LogP contribution in [0.3, 0.4) is 0 Å². The quantitative estimate of drug-likeness (QED) is 0.670. The molecule has 146 valence electrons. The lowest BCUT2D eigenvalue weighted by molar-refractivity contribution is 0.0945. The zero-order chi connectivity index (χ0) is 20.0. The normalized spacial score (nSPS) is 11.4. The van der Waals surface area contributed by atoms with Crippen molar-refractivity contribution in [3.8, 4) is 5.75 Å². The van der Waals surface area contributed by atoms with E-state index in [0.717, 1.165) is 6.42 Å². The van der Waals surface area contributed by atoms with Crippen molar-refractivity contribution in [2.45, 2.75) is 25.2 Å². The summed E-state index contributed by atoms with van der Waals surface area (Å²) in [4.78, 5) is 13.2. The third-order valence-electron chi connectivity index (χ3n) is 3.53. The van der Waals surface area contributed by atoms with Gasteiger partial charge in [0.15, 0.2) is 0 Å². The summed E-state index contributed by atoms with van der Waals surface area (Å²) in [6, 6.07) is 7.94. The Morgan fingerprint density at radius 3 is 2.22 bits per heavy atom. The number of amides is 1. The van der Waals surface area contributed by atoms with Crippen LogP contribution in [0.2, 0.25) is 0 Å². The van der Waals surface area contributed by atoms with Gasteiger partial charge in [0, 0.05) is 11.6 Å². The molecule has 0 saturated carbocycles. The van der Waals surface area contributed by atoms with Crippen LogP contribution in [0.4, 0.5) is 8.78 Å². The van der Waals surface area contributed by atoms with Crippen LogP contribution in [0.15, 0.2) is 47.4 Å². The van der Waals surface area contributed by atoms with Gasteiger partial charge in [0.05, 0.1) is 11.5 Å². The summed E-state index contributed by atoms with van der Waals surface area (Å²) in [6.45, 7) is 4.71. The molecule has 0 saturated heterocycles. The fourth-order valence-electron chi connectivity index (χ4n) is 2.04. The van der Waals surface area contributed by atoms with Crippen LogP contribution in [0.5, 0.6) is 5.75 Å². The zero-order valence-electron chi connectivity index (χ0n) is 14.8. The molecule has 2 N–H and O–H groups in total. The maximum atomic E-state index is 13.2. The first-order valence-electron chi connectivity index (χ1n) is 8.18. The first-order chi connectivity index (χ1) is 12.7. The van der Waals surface area contributed by atoms with E-state index in [2.05, 4.69) is 13.8 Å². The highest BCUT2D eigenvalue weighted by atomic mass is 32.2. The van der Waals surface area contributed by atoms with Gasteiger partial charge in [-0.3, -0.25) is 10.2 Å². The maximum Gasteiger partial charge on any atom is 0.266 e. The van der Waals surface area contributed by atoms with Gasteiger partial charge in [-0.2, -0.15) is 0 Å². The molecular formula is C18H20F2N2O4S. The van der Waals surface area contributed by atoms with Crippen LogP contribution in [-0.2, 0) is 10.0 Å². The molecule has 0 fully saturated rings. The van der Waals surface area contributed by atoms with E-state index in [4.69, 9.17) is 4.74 Å². The van der Waals surface area contributed by atoms with Gasteiger partial charge in [0.25, 0.3) is 15.9 Å². The molecule has 2 aromatic carbocycles. The van der Waals surface area contributed by atoms with E-state index in [1.165, 1.54) is 12.1 Å². The van der Waals surface area contributed by atoms with Crippen LogP contribution in [0.25, 0.3) is 0 Å². The highest BCUT2D eigenvalue weighted by Gasteiger charge is 2.18. The highest BCUT2D eigenvalue weighted by Crippen LogP contribution is 2.15. The number of rotatable bonds is 8. The average Bonchev–Trinajstić information content (AvgIpc) is 2.59. The lowest BCUT2D eigenvalue weighted by atomic mass is 10.1. The Hall–Kier alpha value is -2.52. The van der Waals surface area contributed by atoms with Gasteiger partial charge >= 0.3 is 0 Å². The number of carbonyl (C=O) groups excluding carboxylic acids is 1. The fourth-order valence-corrected chi connectivity index (χ4v) is 2.92. The molecule has 2 aromatic rings. The van der Waals surface area contributed by atoms with Gasteiger partial charge in [0.2, 0.25) is 0 Å². The molecule has 0 bridgehead atoms. The molecule has 27 heavy (non-hydrogen) atoms. The van der Waals surface area contributed by atoms with Crippen LogP contribution in [0, 0.1) is 17.6 Å². The van der Waals surface area contributed by atoms with Gasteiger partial charge in [-0.05, 0) is 48.7 Å². The van der Waals surface area contributed by atoms with Crippen LogP contribution >= 0.6 is 0 Å². The average molecular weight is 398 g/mol. The molecule has 0 aliphatic carbocycles.